The number of carbonyl (C=O) groups is 2. The summed E-state index contributed by atoms with van der Waals surface area (Å²) in [6.07, 6.45) is 4.62. The van der Waals surface area contributed by atoms with Crippen molar-refractivity contribution < 1.29 is 45.1 Å². The lowest BCUT2D eigenvalue weighted by molar-refractivity contribution is -0.376. The van der Waals surface area contributed by atoms with Gasteiger partial charge in [0.05, 0.1) is 0 Å². The highest BCUT2D eigenvalue weighted by Crippen LogP contribution is 1.88. The molecule has 1 aromatic rings. The zero-order chi connectivity index (χ0) is 12.5. The zero-order valence-corrected chi connectivity index (χ0v) is 12.0. The Kier molecular flexibility index (Phi) is 12.4. The number of quaternary nitrogens is 1. The van der Waals surface area contributed by atoms with E-state index in [0.29, 0.717) is 19.5 Å². The largest absolute Gasteiger partial charge is 1.00 e. The number of hydrogen-bond acceptors (Lipinski definition) is 2. The topological polar surface area (TPSA) is 116 Å². The van der Waals surface area contributed by atoms with Gasteiger partial charge in [-0.3, -0.25) is 14.6 Å². The monoisotopic (exact) mass is 311 g/mol. The Morgan fingerprint density at radius 1 is 1.21 bits per heavy atom. The maximum atomic E-state index is 11.3. The number of carbonyl (C=O) groups excluding carboxylic acids is 2. The molecule has 1 aromatic heterocycles. The molecule has 0 unspecified atom stereocenters. The van der Waals surface area contributed by atoms with E-state index in [0.717, 1.165) is 12.1 Å². The van der Waals surface area contributed by atoms with Crippen molar-refractivity contribution in [2.75, 3.05) is 19.6 Å². The van der Waals surface area contributed by atoms with E-state index in [9.17, 15) is 9.59 Å². The number of aromatic nitrogens is 2. The van der Waals surface area contributed by atoms with Gasteiger partial charge in [-0.2, -0.15) is 0 Å². The van der Waals surface area contributed by atoms with E-state index in [1.165, 1.54) is 0 Å². The first-order valence-corrected chi connectivity index (χ1v) is 5.58. The summed E-state index contributed by atoms with van der Waals surface area (Å²) >= 11 is 0. The van der Waals surface area contributed by atoms with Gasteiger partial charge in [0.1, 0.15) is 11.9 Å². The van der Waals surface area contributed by atoms with Crippen LogP contribution in [-0.4, -0.2) is 36.4 Å². The quantitative estimate of drug-likeness (QED) is 0.400. The first-order chi connectivity index (χ1) is 8.22. The van der Waals surface area contributed by atoms with Crippen molar-refractivity contribution in [1.29, 1.82) is 0 Å². The summed E-state index contributed by atoms with van der Waals surface area (Å²) in [4.78, 5) is 28.1. The van der Waals surface area contributed by atoms with Crippen LogP contribution in [0.4, 0.5) is 0 Å². The summed E-state index contributed by atoms with van der Waals surface area (Å²) in [7, 11) is 0. The van der Waals surface area contributed by atoms with Crippen LogP contribution in [0.3, 0.4) is 0 Å². The Bertz CT molecular complexity index is 359. The molecule has 1 heterocycles. The van der Waals surface area contributed by atoms with Gasteiger partial charge in [-0.1, -0.05) is 0 Å². The normalized spacial score (nSPS) is 8.89. The van der Waals surface area contributed by atoms with Crippen LogP contribution in [0.1, 0.15) is 12.1 Å². The smallest absolute Gasteiger partial charge is 0.275 e. The second kappa shape index (κ2) is 11.8. The van der Waals surface area contributed by atoms with E-state index >= 15 is 0 Å². The number of hydrogen-bond donors (Lipinski definition) is 4. The highest BCUT2D eigenvalue weighted by molar-refractivity contribution is 5.79. The Morgan fingerprint density at radius 2 is 1.89 bits per heavy atom. The standard InChI is InChI=1S/C10H17N5O2.2ClH/c11-5-10(17)14-4-2-9(16)13-3-1-8-6-12-7-15-8;;/h6-7H,1-5,11H2,(H,12,15)(H,13,16)(H,14,17);2*1H. The van der Waals surface area contributed by atoms with E-state index in [1.807, 2.05) is 6.20 Å². The van der Waals surface area contributed by atoms with Crippen LogP contribution in [-0.2, 0) is 16.0 Å². The minimum atomic E-state index is -0.139. The molecule has 110 valence electrons. The van der Waals surface area contributed by atoms with Crippen molar-refractivity contribution in [2.24, 2.45) is 0 Å². The summed E-state index contributed by atoms with van der Waals surface area (Å²) in [5.74, 6) is -0.204. The van der Waals surface area contributed by atoms with Gasteiger partial charge in [0.25, 0.3) is 5.91 Å². The predicted molar refractivity (Wildman–Crippen MR) is 59.4 cm³/mol. The Balaban J connectivity index is 0. The molecule has 0 saturated heterocycles. The minimum Gasteiger partial charge on any atom is -1.00 e. The van der Waals surface area contributed by atoms with Crippen LogP contribution >= 0.6 is 0 Å². The lowest BCUT2D eigenvalue weighted by Gasteiger charge is -2.04. The summed E-state index contributed by atoms with van der Waals surface area (Å²) in [6.45, 7) is 1.14. The third kappa shape index (κ3) is 9.29. The number of nitrogens with one attached hydrogen (secondary N) is 4. The minimum absolute atomic E-state index is 0. The molecule has 0 fully saturated rings. The lowest BCUT2D eigenvalue weighted by atomic mass is 10.3. The van der Waals surface area contributed by atoms with Gasteiger partial charge in [-0.05, 0) is 0 Å². The Labute approximate surface area is 123 Å². The molecule has 0 aliphatic carbocycles. The van der Waals surface area contributed by atoms with E-state index in [4.69, 9.17) is 0 Å². The molecule has 19 heavy (non-hydrogen) atoms. The van der Waals surface area contributed by atoms with E-state index in [1.54, 1.807) is 6.33 Å². The van der Waals surface area contributed by atoms with Gasteiger partial charge < -0.3 is 41.2 Å². The molecule has 0 bridgehead atoms. The van der Waals surface area contributed by atoms with Crippen molar-refractivity contribution in [3.63, 3.8) is 0 Å². The van der Waals surface area contributed by atoms with Crippen molar-refractivity contribution >= 4 is 11.8 Å². The van der Waals surface area contributed by atoms with Crippen molar-refractivity contribution in [1.82, 2.24) is 15.6 Å². The van der Waals surface area contributed by atoms with Gasteiger partial charge in [-0.25, -0.2) is 4.98 Å². The van der Waals surface area contributed by atoms with Crippen molar-refractivity contribution in [2.45, 2.75) is 12.8 Å². The Morgan fingerprint density at radius 3 is 2.47 bits per heavy atom. The first kappa shape index (κ1) is 20.0. The van der Waals surface area contributed by atoms with Gasteiger partial charge in [0.2, 0.25) is 12.2 Å². The second-order valence-corrected chi connectivity index (χ2v) is 3.57. The van der Waals surface area contributed by atoms with Gasteiger partial charge in [0.15, 0.2) is 6.54 Å². The molecular weight excluding hydrogens is 293 g/mol. The van der Waals surface area contributed by atoms with Crippen molar-refractivity contribution in [3.05, 3.63) is 18.2 Å². The van der Waals surface area contributed by atoms with E-state index in [2.05, 4.69) is 26.3 Å². The molecule has 7 nitrogen and oxygen atoms in total. The zero-order valence-electron chi connectivity index (χ0n) is 10.5. The summed E-state index contributed by atoms with van der Waals surface area (Å²) in [5, 5.41) is 5.37. The highest BCUT2D eigenvalue weighted by atomic mass is 35.5. The van der Waals surface area contributed by atoms with Crippen LogP contribution < -0.4 is 46.2 Å². The van der Waals surface area contributed by atoms with Gasteiger partial charge in [0, 0.05) is 25.9 Å². The molecule has 0 aliphatic heterocycles. The Hall–Kier alpha value is -1.31. The molecule has 7 N–H and O–H groups in total. The van der Waals surface area contributed by atoms with Crippen LogP contribution in [0.15, 0.2) is 12.5 Å². The van der Waals surface area contributed by atoms with Crippen molar-refractivity contribution in [3.8, 4) is 0 Å². The second-order valence-electron chi connectivity index (χ2n) is 3.57. The average Bonchev–Trinajstić information content (AvgIpc) is 2.82. The number of rotatable bonds is 7. The average molecular weight is 312 g/mol. The SMILES string of the molecule is [Cl-].[Cl-].[NH3+]CC(=O)NCCC(=O)NCCc1c[nH+]c[nH]1. The first-order valence-electron chi connectivity index (χ1n) is 5.58. The number of amides is 2. The molecule has 0 aromatic carbocycles. The fourth-order valence-electron chi connectivity index (χ4n) is 1.29. The number of H-pyrrole nitrogens is 2. The fraction of sp³-hybridized carbons (Fsp3) is 0.500. The van der Waals surface area contributed by atoms with Gasteiger partial charge >= 0.3 is 0 Å². The van der Waals surface area contributed by atoms with Crippen LogP contribution in [0.2, 0.25) is 0 Å². The number of aromatic amines is 2. The summed E-state index contributed by atoms with van der Waals surface area (Å²) in [6, 6.07) is 0. The maximum Gasteiger partial charge on any atom is 0.275 e. The number of imidazole rings is 1. The summed E-state index contributed by atoms with van der Waals surface area (Å²) in [5.41, 5.74) is 4.48. The lowest BCUT2D eigenvalue weighted by Crippen LogP contribution is -3.00. The molecule has 0 radical (unpaired) electrons. The molecule has 0 atom stereocenters. The summed E-state index contributed by atoms with van der Waals surface area (Å²) < 4.78 is 0. The number of halogens is 2. The predicted octanol–water partition coefficient (Wildman–Crippen LogP) is -8.76. The van der Waals surface area contributed by atoms with Crippen LogP contribution in [0, 0.1) is 0 Å². The van der Waals surface area contributed by atoms with E-state index in [-0.39, 0.29) is 43.2 Å². The molecule has 0 saturated carbocycles. The van der Waals surface area contributed by atoms with E-state index < -0.39 is 0 Å². The third-order valence-corrected chi connectivity index (χ3v) is 2.22. The molecule has 0 aliphatic rings. The highest BCUT2D eigenvalue weighted by Gasteiger charge is 2.04. The molecule has 1 rings (SSSR count). The maximum absolute atomic E-state index is 11.3. The molecular formula is C10H19Cl2N5O2. The van der Waals surface area contributed by atoms with Crippen LogP contribution in [0.5, 0.6) is 0 Å². The molecule has 9 heteroatoms. The third-order valence-electron chi connectivity index (χ3n) is 2.22. The fourth-order valence-corrected chi connectivity index (χ4v) is 1.29. The van der Waals surface area contributed by atoms with Crippen LogP contribution in [0.25, 0.3) is 0 Å². The van der Waals surface area contributed by atoms with Gasteiger partial charge in [-0.15, -0.1) is 0 Å². The molecule has 0 spiro atoms. The molecule has 2 amide bonds.